The molecular formula is C21H25N5O2S. The van der Waals surface area contributed by atoms with Crippen LogP contribution in [-0.4, -0.2) is 31.5 Å². The number of nitrogens with one attached hydrogen (secondary N) is 2. The Hall–Kier alpha value is -3.13. The lowest BCUT2D eigenvalue weighted by Crippen LogP contribution is -2.23. The van der Waals surface area contributed by atoms with Gasteiger partial charge in [0.2, 0.25) is 5.95 Å². The molecule has 152 valence electrons. The number of hydrogen-bond donors (Lipinski definition) is 2. The molecule has 2 aromatic carbocycles. The zero-order chi connectivity index (χ0) is 20.9. The van der Waals surface area contributed by atoms with Gasteiger partial charge in [-0.25, -0.2) is 13.4 Å². The van der Waals surface area contributed by atoms with Gasteiger partial charge in [0.05, 0.1) is 4.90 Å². The van der Waals surface area contributed by atoms with Crippen molar-refractivity contribution in [2.75, 3.05) is 28.0 Å². The number of nitrogens with zero attached hydrogens (tertiary/aromatic N) is 3. The van der Waals surface area contributed by atoms with Crippen molar-refractivity contribution in [3.8, 4) is 0 Å². The van der Waals surface area contributed by atoms with E-state index in [0.29, 0.717) is 11.6 Å². The van der Waals surface area contributed by atoms with Gasteiger partial charge in [-0.2, -0.15) is 4.98 Å². The summed E-state index contributed by atoms with van der Waals surface area (Å²) in [6.07, 6.45) is 0. The molecule has 0 radical (unpaired) electrons. The van der Waals surface area contributed by atoms with Gasteiger partial charge in [0.15, 0.2) is 0 Å². The maximum Gasteiger partial charge on any atom is 0.261 e. The van der Waals surface area contributed by atoms with Crippen LogP contribution in [0.1, 0.15) is 19.5 Å². The summed E-state index contributed by atoms with van der Waals surface area (Å²) < 4.78 is 27.4. The molecule has 2 N–H and O–H groups in total. The average molecular weight is 412 g/mol. The lowest BCUT2D eigenvalue weighted by molar-refractivity contribution is 0.601. The second-order valence-electron chi connectivity index (χ2n) is 6.48. The van der Waals surface area contributed by atoms with Crippen molar-refractivity contribution in [2.24, 2.45) is 0 Å². The Morgan fingerprint density at radius 2 is 1.52 bits per heavy atom. The molecular weight excluding hydrogens is 386 g/mol. The summed E-state index contributed by atoms with van der Waals surface area (Å²) in [4.78, 5) is 11.4. The molecule has 0 saturated carbocycles. The van der Waals surface area contributed by atoms with E-state index in [0.717, 1.165) is 30.3 Å². The minimum absolute atomic E-state index is 0.222. The molecule has 1 heterocycles. The van der Waals surface area contributed by atoms with Crippen LogP contribution in [0.3, 0.4) is 0 Å². The zero-order valence-electron chi connectivity index (χ0n) is 16.8. The molecule has 0 spiro atoms. The van der Waals surface area contributed by atoms with Crippen LogP contribution in [0, 0.1) is 6.92 Å². The maximum atomic E-state index is 12.4. The van der Waals surface area contributed by atoms with Crippen molar-refractivity contribution in [3.05, 3.63) is 66.4 Å². The van der Waals surface area contributed by atoms with E-state index in [1.54, 1.807) is 54.6 Å². The number of rotatable bonds is 8. The van der Waals surface area contributed by atoms with Crippen molar-refractivity contribution in [3.63, 3.8) is 0 Å². The second kappa shape index (κ2) is 8.91. The van der Waals surface area contributed by atoms with Gasteiger partial charge in [-0.15, -0.1) is 0 Å². The van der Waals surface area contributed by atoms with E-state index in [9.17, 15) is 8.42 Å². The van der Waals surface area contributed by atoms with E-state index >= 15 is 0 Å². The summed E-state index contributed by atoms with van der Waals surface area (Å²) in [7, 11) is -3.61. The van der Waals surface area contributed by atoms with Crippen molar-refractivity contribution in [1.29, 1.82) is 0 Å². The fraction of sp³-hybridized carbons (Fsp3) is 0.238. The lowest BCUT2D eigenvalue weighted by atomic mass is 10.3. The van der Waals surface area contributed by atoms with E-state index in [2.05, 4.69) is 38.8 Å². The Morgan fingerprint density at radius 3 is 2.14 bits per heavy atom. The Labute approximate surface area is 171 Å². The van der Waals surface area contributed by atoms with E-state index in [4.69, 9.17) is 0 Å². The number of anilines is 4. The fourth-order valence-electron chi connectivity index (χ4n) is 2.88. The van der Waals surface area contributed by atoms with Gasteiger partial charge >= 0.3 is 0 Å². The zero-order valence-corrected chi connectivity index (χ0v) is 17.6. The molecule has 0 fully saturated rings. The summed E-state index contributed by atoms with van der Waals surface area (Å²) in [6.45, 7) is 7.83. The Kier molecular flexibility index (Phi) is 6.33. The highest BCUT2D eigenvalue weighted by Crippen LogP contribution is 2.21. The van der Waals surface area contributed by atoms with Gasteiger partial charge < -0.3 is 10.2 Å². The SMILES string of the molecule is CCN(CC)c1cc(C)nc(Nc2ccc(NS(=O)(=O)c3ccccc3)cc2)n1. The molecule has 0 atom stereocenters. The largest absolute Gasteiger partial charge is 0.357 e. The van der Waals surface area contributed by atoms with E-state index in [-0.39, 0.29) is 4.90 Å². The van der Waals surface area contributed by atoms with Crippen LogP contribution >= 0.6 is 0 Å². The minimum Gasteiger partial charge on any atom is -0.357 e. The Morgan fingerprint density at radius 1 is 0.897 bits per heavy atom. The van der Waals surface area contributed by atoms with Gasteiger partial charge in [0.1, 0.15) is 5.82 Å². The van der Waals surface area contributed by atoms with Crippen molar-refractivity contribution in [1.82, 2.24) is 9.97 Å². The quantitative estimate of drug-likeness (QED) is 0.578. The van der Waals surface area contributed by atoms with Crippen molar-refractivity contribution >= 4 is 33.2 Å². The normalized spacial score (nSPS) is 11.1. The number of aromatic nitrogens is 2. The highest BCUT2D eigenvalue weighted by molar-refractivity contribution is 7.92. The van der Waals surface area contributed by atoms with Gasteiger partial charge in [-0.05, 0) is 57.2 Å². The fourth-order valence-corrected chi connectivity index (χ4v) is 3.96. The number of hydrogen-bond acceptors (Lipinski definition) is 6. The molecule has 7 nitrogen and oxygen atoms in total. The summed E-state index contributed by atoms with van der Waals surface area (Å²) in [5.41, 5.74) is 2.12. The third kappa shape index (κ3) is 5.23. The van der Waals surface area contributed by atoms with Crippen LogP contribution in [0.2, 0.25) is 0 Å². The van der Waals surface area contributed by atoms with Crippen LogP contribution < -0.4 is 14.9 Å². The third-order valence-corrected chi connectivity index (χ3v) is 5.77. The molecule has 3 rings (SSSR count). The number of sulfonamides is 1. The summed E-state index contributed by atoms with van der Waals surface area (Å²) in [6, 6.07) is 17.2. The smallest absolute Gasteiger partial charge is 0.261 e. The summed E-state index contributed by atoms with van der Waals surface area (Å²) in [5.74, 6) is 1.38. The molecule has 3 aromatic rings. The van der Waals surface area contributed by atoms with Crippen LogP contribution in [0.4, 0.5) is 23.1 Å². The predicted molar refractivity (Wildman–Crippen MR) is 117 cm³/mol. The van der Waals surface area contributed by atoms with Gasteiger partial charge in [-0.1, -0.05) is 18.2 Å². The van der Waals surface area contributed by atoms with Crippen LogP contribution in [0.25, 0.3) is 0 Å². The topological polar surface area (TPSA) is 87.2 Å². The first kappa shape index (κ1) is 20.6. The Balaban J connectivity index is 1.74. The molecule has 0 aliphatic rings. The second-order valence-corrected chi connectivity index (χ2v) is 8.17. The summed E-state index contributed by atoms with van der Waals surface area (Å²) in [5, 5.41) is 3.18. The molecule has 0 amide bonds. The van der Waals surface area contributed by atoms with E-state index in [1.165, 1.54) is 0 Å². The molecule has 1 aromatic heterocycles. The minimum atomic E-state index is -3.61. The molecule has 0 unspecified atom stereocenters. The van der Waals surface area contributed by atoms with E-state index in [1.807, 2.05) is 13.0 Å². The first-order valence-electron chi connectivity index (χ1n) is 9.47. The van der Waals surface area contributed by atoms with Gasteiger partial charge in [0.25, 0.3) is 10.0 Å². The molecule has 29 heavy (non-hydrogen) atoms. The third-order valence-electron chi connectivity index (χ3n) is 4.37. The first-order chi connectivity index (χ1) is 13.9. The standard InChI is InChI=1S/C21H25N5O2S/c1-4-26(5-2)20-15-16(3)22-21(24-20)23-17-11-13-18(14-12-17)25-29(27,28)19-9-7-6-8-10-19/h6-15,25H,4-5H2,1-3H3,(H,22,23,24). The maximum absolute atomic E-state index is 12.4. The van der Waals surface area contributed by atoms with Crippen molar-refractivity contribution in [2.45, 2.75) is 25.7 Å². The average Bonchev–Trinajstić information content (AvgIpc) is 2.70. The van der Waals surface area contributed by atoms with Crippen LogP contribution in [0.5, 0.6) is 0 Å². The number of benzene rings is 2. The number of aryl methyl sites for hydroxylation is 1. The summed E-state index contributed by atoms with van der Waals surface area (Å²) >= 11 is 0. The van der Waals surface area contributed by atoms with E-state index < -0.39 is 10.0 Å². The monoisotopic (exact) mass is 411 g/mol. The Bertz CT molecular complexity index is 1050. The van der Waals surface area contributed by atoms with Gasteiger partial charge in [0, 0.05) is 36.2 Å². The predicted octanol–water partition coefficient (Wildman–Crippen LogP) is 4.18. The first-order valence-corrected chi connectivity index (χ1v) is 10.9. The van der Waals surface area contributed by atoms with Crippen molar-refractivity contribution < 1.29 is 8.42 Å². The van der Waals surface area contributed by atoms with Crippen LogP contribution in [0.15, 0.2) is 65.6 Å². The molecule has 8 heteroatoms. The van der Waals surface area contributed by atoms with Gasteiger partial charge in [-0.3, -0.25) is 4.72 Å². The highest BCUT2D eigenvalue weighted by atomic mass is 32.2. The molecule has 0 aliphatic carbocycles. The molecule has 0 bridgehead atoms. The lowest BCUT2D eigenvalue weighted by Gasteiger charge is -2.20. The molecule has 0 saturated heterocycles. The highest BCUT2D eigenvalue weighted by Gasteiger charge is 2.13. The molecule has 0 aliphatic heterocycles. The van der Waals surface area contributed by atoms with Crippen LogP contribution in [-0.2, 0) is 10.0 Å².